The first kappa shape index (κ1) is 13.3. The second kappa shape index (κ2) is 4.55. The van der Waals surface area contributed by atoms with E-state index in [4.69, 9.17) is 4.74 Å². The molecule has 1 aromatic carbocycles. The number of carbonyl (C=O) groups is 1. The largest absolute Gasteiger partial charge is 0.376 e. The minimum Gasteiger partial charge on any atom is -0.376 e. The molecule has 4 heteroatoms. The van der Waals surface area contributed by atoms with Crippen LogP contribution in [0.4, 0.5) is 0 Å². The number of amides is 1. The summed E-state index contributed by atoms with van der Waals surface area (Å²) in [6.07, 6.45) is 2.98. The maximum atomic E-state index is 12.9. The van der Waals surface area contributed by atoms with Crippen molar-refractivity contribution in [3.05, 3.63) is 35.4 Å². The van der Waals surface area contributed by atoms with Gasteiger partial charge in [-0.25, -0.2) is 0 Å². The van der Waals surface area contributed by atoms with Gasteiger partial charge in [-0.3, -0.25) is 10.1 Å². The number of hydrogen-bond donors (Lipinski definition) is 1. The third kappa shape index (κ3) is 1.93. The van der Waals surface area contributed by atoms with Crippen LogP contribution in [-0.2, 0) is 9.53 Å². The molecule has 0 radical (unpaired) electrons. The smallest absolute Gasteiger partial charge is 0.244 e. The van der Waals surface area contributed by atoms with E-state index in [1.165, 1.54) is 11.1 Å². The van der Waals surface area contributed by atoms with E-state index in [0.29, 0.717) is 0 Å². The fourth-order valence-corrected chi connectivity index (χ4v) is 3.79. The Bertz CT molecular complexity index is 582. The Morgan fingerprint density at radius 2 is 2.10 bits per heavy atom. The summed E-state index contributed by atoms with van der Waals surface area (Å²) in [5, 5.41) is 3.62. The minimum atomic E-state index is -0.282. The van der Waals surface area contributed by atoms with Gasteiger partial charge in [0.15, 0.2) is 0 Å². The van der Waals surface area contributed by atoms with Gasteiger partial charge in [-0.1, -0.05) is 24.3 Å². The number of nitrogens with zero attached hydrogens (tertiary/aromatic N) is 1. The Labute approximate surface area is 125 Å². The monoisotopic (exact) mass is 286 g/mol. The highest BCUT2D eigenvalue weighted by molar-refractivity contribution is 5.92. The quantitative estimate of drug-likeness (QED) is 0.905. The highest BCUT2D eigenvalue weighted by Crippen LogP contribution is 2.48. The van der Waals surface area contributed by atoms with Gasteiger partial charge in [0.2, 0.25) is 5.91 Å². The van der Waals surface area contributed by atoms with Crippen LogP contribution in [0.3, 0.4) is 0 Å². The van der Waals surface area contributed by atoms with Crippen LogP contribution < -0.4 is 5.32 Å². The van der Waals surface area contributed by atoms with Crippen LogP contribution in [0.25, 0.3) is 0 Å². The zero-order valence-electron chi connectivity index (χ0n) is 12.6. The highest BCUT2D eigenvalue weighted by Gasteiger charge is 2.61. The Morgan fingerprint density at radius 1 is 1.33 bits per heavy atom. The second-order valence-electron chi connectivity index (χ2n) is 6.63. The lowest BCUT2D eigenvalue weighted by Gasteiger charge is -2.32. The average Bonchev–Trinajstić information content (AvgIpc) is 3.06. The molecular weight excluding hydrogens is 264 g/mol. The van der Waals surface area contributed by atoms with Crippen LogP contribution in [0, 0.1) is 6.92 Å². The maximum Gasteiger partial charge on any atom is 0.244 e. The first-order valence-corrected chi connectivity index (χ1v) is 7.90. The van der Waals surface area contributed by atoms with Gasteiger partial charge in [0.1, 0.15) is 11.7 Å². The molecule has 21 heavy (non-hydrogen) atoms. The van der Waals surface area contributed by atoms with E-state index < -0.39 is 0 Å². The third-order valence-corrected chi connectivity index (χ3v) is 5.26. The van der Waals surface area contributed by atoms with E-state index in [0.717, 1.165) is 25.9 Å². The van der Waals surface area contributed by atoms with Crippen molar-refractivity contribution in [2.24, 2.45) is 0 Å². The van der Waals surface area contributed by atoms with Crippen LogP contribution in [0.5, 0.6) is 0 Å². The molecular formula is C17H22N2O2. The Kier molecular flexibility index (Phi) is 2.88. The fourth-order valence-electron chi connectivity index (χ4n) is 3.79. The number of ether oxygens (including phenoxy) is 1. The lowest BCUT2D eigenvalue weighted by atomic mass is 10.0. The molecule has 1 aliphatic carbocycles. The van der Waals surface area contributed by atoms with Crippen molar-refractivity contribution >= 4 is 5.91 Å². The Hall–Kier alpha value is -1.39. The molecule has 2 saturated heterocycles. The fraction of sp³-hybridized carbons (Fsp3) is 0.588. The Balaban J connectivity index is 1.74. The molecule has 1 amide bonds. The van der Waals surface area contributed by atoms with Crippen LogP contribution in [0.1, 0.15) is 43.5 Å². The van der Waals surface area contributed by atoms with Gasteiger partial charge in [-0.2, -0.15) is 0 Å². The van der Waals surface area contributed by atoms with E-state index >= 15 is 0 Å². The number of rotatable bonds is 2. The molecule has 2 heterocycles. The number of carbonyl (C=O) groups excluding carboxylic acids is 1. The standard InChI is InChI=1S/C17H22N2O2/c1-11-5-3-4-6-13(11)15-18-17(8-9-17)16(20)19(15)14-7-10-21-12(14)2/h3-6,12,14-15,18H,7-10H2,1-2H3. The van der Waals surface area contributed by atoms with Gasteiger partial charge in [0.25, 0.3) is 0 Å². The van der Waals surface area contributed by atoms with E-state index in [-0.39, 0.29) is 29.8 Å². The second-order valence-corrected chi connectivity index (χ2v) is 6.63. The summed E-state index contributed by atoms with van der Waals surface area (Å²) in [5.41, 5.74) is 2.17. The van der Waals surface area contributed by atoms with Crippen LogP contribution in [0.15, 0.2) is 24.3 Å². The van der Waals surface area contributed by atoms with Crippen LogP contribution in [0.2, 0.25) is 0 Å². The number of aryl methyl sites for hydroxylation is 1. The molecule has 3 unspecified atom stereocenters. The van der Waals surface area contributed by atoms with Gasteiger partial charge >= 0.3 is 0 Å². The molecule has 0 aromatic heterocycles. The molecule has 2 aliphatic heterocycles. The predicted octanol–water partition coefficient (Wildman–Crippen LogP) is 2.14. The molecule has 3 atom stereocenters. The van der Waals surface area contributed by atoms with E-state index in [1.807, 2.05) is 6.07 Å². The Morgan fingerprint density at radius 3 is 2.71 bits per heavy atom. The van der Waals surface area contributed by atoms with Crippen molar-refractivity contribution in [3.8, 4) is 0 Å². The van der Waals surface area contributed by atoms with E-state index in [9.17, 15) is 4.79 Å². The third-order valence-electron chi connectivity index (χ3n) is 5.26. The first-order chi connectivity index (χ1) is 10.1. The van der Waals surface area contributed by atoms with Gasteiger partial charge in [0, 0.05) is 6.61 Å². The summed E-state index contributed by atoms with van der Waals surface area (Å²) in [6, 6.07) is 8.55. The zero-order valence-corrected chi connectivity index (χ0v) is 12.6. The molecule has 3 aliphatic rings. The average molecular weight is 286 g/mol. The molecule has 4 rings (SSSR count). The van der Waals surface area contributed by atoms with Gasteiger partial charge < -0.3 is 9.64 Å². The lowest BCUT2D eigenvalue weighted by Crippen LogP contribution is -2.44. The van der Waals surface area contributed by atoms with Crippen LogP contribution >= 0.6 is 0 Å². The van der Waals surface area contributed by atoms with E-state index in [1.54, 1.807) is 0 Å². The highest BCUT2D eigenvalue weighted by atomic mass is 16.5. The minimum absolute atomic E-state index is 0.00431. The summed E-state index contributed by atoms with van der Waals surface area (Å²) in [6.45, 7) is 4.95. The summed E-state index contributed by atoms with van der Waals surface area (Å²) in [7, 11) is 0. The summed E-state index contributed by atoms with van der Waals surface area (Å²) in [4.78, 5) is 15.0. The predicted molar refractivity (Wildman–Crippen MR) is 79.7 cm³/mol. The van der Waals surface area contributed by atoms with Crippen molar-refractivity contribution in [1.29, 1.82) is 0 Å². The van der Waals surface area contributed by atoms with E-state index in [2.05, 4.69) is 42.3 Å². The molecule has 112 valence electrons. The molecule has 3 fully saturated rings. The van der Waals surface area contributed by atoms with Gasteiger partial charge in [-0.05, 0) is 44.2 Å². The van der Waals surface area contributed by atoms with Crippen molar-refractivity contribution in [1.82, 2.24) is 10.2 Å². The number of benzene rings is 1. The van der Waals surface area contributed by atoms with Crippen molar-refractivity contribution in [2.45, 2.75) is 57.0 Å². The first-order valence-electron chi connectivity index (χ1n) is 7.90. The molecule has 1 saturated carbocycles. The molecule has 1 spiro atoms. The van der Waals surface area contributed by atoms with Crippen molar-refractivity contribution in [3.63, 3.8) is 0 Å². The molecule has 4 nitrogen and oxygen atoms in total. The molecule has 1 aromatic rings. The SMILES string of the molecule is Cc1ccccc1C1NC2(CC2)C(=O)N1C1CCOC1C. The van der Waals surface area contributed by atoms with Crippen molar-refractivity contribution < 1.29 is 9.53 Å². The number of hydrogen-bond acceptors (Lipinski definition) is 3. The van der Waals surface area contributed by atoms with Gasteiger partial charge in [0.05, 0.1) is 12.1 Å². The maximum absolute atomic E-state index is 12.9. The zero-order chi connectivity index (χ0) is 14.6. The summed E-state index contributed by atoms with van der Waals surface area (Å²) in [5.74, 6) is 0.276. The summed E-state index contributed by atoms with van der Waals surface area (Å²) < 4.78 is 5.71. The summed E-state index contributed by atoms with van der Waals surface area (Å²) >= 11 is 0. The van der Waals surface area contributed by atoms with Crippen LogP contribution in [-0.4, -0.2) is 35.1 Å². The molecule has 0 bridgehead atoms. The topological polar surface area (TPSA) is 41.6 Å². The van der Waals surface area contributed by atoms with Crippen molar-refractivity contribution in [2.75, 3.05) is 6.61 Å². The number of nitrogens with one attached hydrogen (secondary N) is 1. The molecule has 1 N–H and O–H groups in total. The normalized spacial score (nSPS) is 33.9. The van der Waals surface area contributed by atoms with Gasteiger partial charge in [-0.15, -0.1) is 0 Å². The lowest BCUT2D eigenvalue weighted by molar-refractivity contribution is -0.134.